The second kappa shape index (κ2) is 4.14. The van der Waals surface area contributed by atoms with E-state index >= 15 is 0 Å². The highest BCUT2D eigenvalue weighted by Crippen LogP contribution is 2.22. The topological polar surface area (TPSA) is 58.2 Å². The van der Waals surface area contributed by atoms with E-state index in [9.17, 15) is 8.42 Å². The van der Waals surface area contributed by atoms with Gasteiger partial charge in [0.1, 0.15) is 0 Å². The van der Waals surface area contributed by atoms with Gasteiger partial charge in [0.05, 0.1) is 17.0 Å². The van der Waals surface area contributed by atoms with E-state index in [0.717, 1.165) is 0 Å². The fourth-order valence-electron chi connectivity index (χ4n) is 1.75. The predicted molar refractivity (Wildman–Crippen MR) is 70.3 cm³/mol. The normalized spacial score (nSPS) is 28.8. The fourth-order valence-corrected chi connectivity index (χ4v) is 4.40. The van der Waals surface area contributed by atoms with Crippen LogP contribution in [-0.2, 0) is 9.84 Å². The Labute approximate surface area is 103 Å². The van der Waals surface area contributed by atoms with Gasteiger partial charge in [0, 0.05) is 5.54 Å². The smallest absolute Gasteiger partial charge is 0.167 e. The highest BCUT2D eigenvalue weighted by molar-refractivity contribution is 7.91. The zero-order valence-electron chi connectivity index (χ0n) is 10.3. The Morgan fingerprint density at radius 1 is 1.38 bits per heavy atom. The van der Waals surface area contributed by atoms with Gasteiger partial charge in [-0.2, -0.15) is 0 Å². The summed E-state index contributed by atoms with van der Waals surface area (Å²) in [6.07, 6.45) is 0.612. The van der Waals surface area contributed by atoms with Gasteiger partial charge in [-0.05, 0) is 46.3 Å². The number of rotatable bonds is 1. The Morgan fingerprint density at radius 2 is 1.94 bits per heavy atom. The highest BCUT2D eigenvalue weighted by atomic mass is 32.2. The van der Waals surface area contributed by atoms with Crippen molar-refractivity contribution in [1.29, 1.82) is 0 Å². The van der Waals surface area contributed by atoms with Crippen molar-refractivity contribution in [2.24, 2.45) is 0 Å². The van der Waals surface area contributed by atoms with E-state index in [2.05, 4.69) is 10.6 Å². The summed E-state index contributed by atoms with van der Waals surface area (Å²) >= 11 is 5.17. The molecule has 1 fully saturated rings. The number of hydrogen-bond acceptors (Lipinski definition) is 3. The molecule has 0 unspecified atom stereocenters. The Balaban J connectivity index is 2.59. The molecule has 1 aliphatic rings. The van der Waals surface area contributed by atoms with Crippen molar-refractivity contribution in [3.8, 4) is 0 Å². The molecule has 0 aromatic heterocycles. The molecule has 0 radical (unpaired) electrons. The minimum Gasteiger partial charge on any atom is -0.358 e. The predicted octanol–water partition coefficient (Wildman–Crippen LogP) is 0.826. The molecule has 0 amide bonds. The van der Waals surface area contributed by atoms with Crippen LogP contribution in [0, 0.1) is 0 Å². The number of sulfone groups is 1. The third-order valence-corrected chi connectivity index (χ3v) is 4.51. The minimum atomic E-state index is -2.89. The van der Waals surface area contributed by atoms with Crippen LogP contribution < -0.4 is 10.6 Å². The molecule has 4 nitrogen and oxygen atoms in total. The first kappa shape index (κ1) is 13.7. The van der Waals surface area contributed by atoms with E-state index in [0.29, 0.717) is 11.5 Å². The number of thiocarbonyl (C=S) groups is 1. The fraction of sp³-hybridized carbons (Fsp3) is 0.900. The van der Waals surface area contributed by atoms with E-state index in [1.165, 1.54) is 0 Å². The van der Waals surface area contributed by atoms with Gasteiger partial charge in [-0.1, -0.05) is 0 Å². The Morgan fingerprint density at radius 3 is 2.31 bits per heavy atom. The average molecular weight is 264 g/mol. The Bertz CT molecular complexity index is 384. The van der Waals surface area contributed by atoms with Crippen molar-refractivity contribution >= 4 is 27.2 Å². The van der Waals surface area contributed by atoms with Crippen LogP contribution in [0.1, 0.15) is 34.1 Å². The zero-order valence-corrected chi connectivity index (χ0v) is 11.9. The second-order valence-corrected chi connectivity index (χ2v) is 8.32. The van der Waals surface area contributed by atoms with Crippen molar-refractivity contribution in [2.75, 3.05) is 11.5 Å². The lowest BCUT2D eigenvalue weighted by Gasteiger charge is -2.30. The lowest BCUT2D eigenvalue weighted by Crippen LogP contribution is -2.54. The van der Waals surface area contributed by atoms with Crippen LogP contribution >= 0.6 is 12.2 Å². The maximum atomic E-state index is 11.4. The molecule has 1 atom stereocenters. The standard InChI is InChI=1S/C10H20N2O2S2/c1-9(2,3)11-8(15)12-10(4)5-6-16(13,14)7-10/h5-7H2,1-4H3,(H2,11,12,15)/t10-/m1/s1. The largest absolute Gasteiger partial charge is 0.358 e. The molecule has 2 N–H and O–H groups in total. The SMILES string of the molecule is CC(C)(C)NC(=S)N[C@]1(C)CCS(=O)(=O)C1. The summed E-state index contributed by atoms with van der Waals surface area (Å²) in [5, 5.41) is 6.75. The van der Waals surface area contributed by atoms with Crippen molar-refractivity contribution in [1.82, 2.24) is 10.6 Å². The minimum absolute atomic E-state index is 0.113. The molecule has 0 aromatic carbocycles. The number of hydrogen-bond donors (Lipinski definition) is 2. The van der Waals surface area contributed by atoms with Crippen molar-refractivity contribution in [3.63, 3.8) is 0 Å². The molecule has 0 aromatic rings. The molecule has 0 saturated carbocycles. The third-order valence-electron chi connectivity index (χ3n) is 2.41. The van der Waals surface area contributed by atoms with Crippen molar-refractivity contribution in [3.05, 3.63) is 0 Å². The number of nitrogens with one attached hydrogen (secondary N) is 2. The maximum Gasteiger partial charge on any atom is 0.167 e. The van der Waals surface area contributed by atoms with Gasteiger partial charge in [-0.15, -0.1) is 0 Å². The molecule has 0 aliphatic carbocycles. The molecule has 1 aliphatic heterocycles. The summed E-state index contributed by atoms with van der Waals surface area (Å²) in [5.74, 6) is 0.403. The molecular formula is C10H20N2O2S2. The third kappa shape index (κ3) is 4.25. The zero-order chi connectivity index (χ0) is 12.6. The van der Waals surface area contributed by atoms with Crippen LogP contribution in [0.3, 0.4) is 0 Å². The van der Waals surface area contributed by atoms with Crippen LogP contribution in [0.5, 0.6) is 0 Å². The first-order valence-corrected chi connectivity index (χ1v) is 7.55. The molecule has 0 spiro atoms. The summed E-state index contributed by atoms with van der Waals surface area (Å²) in [5.41, 5.74) is -0.536. The van der Waals surface area contributed by atoms with Crippen LogP contribution in [0.15, 0.2) is 0 Å². The van der Waals surface area contributed by atoms with Gasteiger partial charge < -0.3 is 10.6 Å². The van der Waals surface area contributed by atoms with Crippen LogP contribution in [0.4, 0.5) is 0 Å². The lowest BCUT2D eigenvalue weighted by atomic mass is 10.0. The van der Waals surface area contributed by atoms with Crippen LogP contribution in [-0.4, -0.2) is 36.1 Å². The van der Waals surface area contributed by atoms with Gasteiger partial charge in [0.25, 0.3) is 0 Å². The Kier molecular flexibility index (Phi) is 3.55. The molecule has 1 heterocycles. The summed E-state index contributed by atoms with van der Waals surface area (Å²) in [6, 6.07) is 0. The van der Waals surface area contributed by atoms with E-state index in [1.54, 1.807) is 0 Å². The van der Waals surface area contributed by atoms with Crippen LogP contribution in [0.25, 0.3) is 0 Å². The molecule has 1 saturated heterocycles. The van der Waals surface area contributed by atoms with Gasteiger partial charge in [-0.25, -0.2) is 8.42 Å². The molecule has 94 valence electrons. The van der Waals surface area contributed by atoms with E-state index in [-0.39, 0.29) is 17.0 Å². The van der Waals surface area contributed by atoms with Crippen molar-refractivity contribution in [2.45, 2.75) is 45.2 Å². The maximum absolute atomic E-state index is 11.4. The molecule has 6 heteroatoms. The van der Waals surface area contributed by atoms with Gasteiger partial charge in [-0.3, -0.25) is 0 Å². The summed E-state index contributed by atoms with van der Waals surface area (Å²) in [4.78, 5) is 0. The highest BCUT2D eigenvalue weighted by Gasteiger charge is 2.38. The van der Waals surface area contributed by atoms with Gasteiger partial charge in [0.2, 0.25) is 0 Å². The van der Waals surface area contributed by atoms with E-state index < -0.39 is 15.4 Å². The van der Waals surface area contributed by atoms with E-state index in [1.807, 2.05) is 27.7 Å². The van der Waals surface area contributed by atoms with Crippen molar-refractivity contribution < 1.29 is 8.42 Å². The summed E-state index contributed by atoms with van der Waals surface area (Å²) in [6.45, 7) is 7.92. The quantitative estimate of drug-likeness (QED) is 0.687. The van der Waals surface area contributed by atoms with Gasteiger partial charge in [0.15, 0.2) is 14.9 Å². The summed E-state index contributed by atoms with van der Waals surface area (Å²) < 4.78 is 22.8. The molecular weight excluding hydrogens is 244 g/mol. The monoisotopic (exact) mass is 264 g/mol. The molecule has 16 heavy (non-hydrogen) atoms. The second-order valence-electron chi connectivity index (χ2n) is 5.73. The van der Waals surface area contributed by atoms with Crippen LogP contribution in [0.2, 0.25) is 0 Å². The first-order valence-electron chi connectivity index (χ1n) is 5.32. The molecule has 0 bridgehead atoms. The first-order chi connectivity index (χ1) is 7.02. The average Bonchev–Trinajstić information content (AvgIpc) is 2.19. The Hall–Kier alpha value is -0.360. The summed E-state index contributed by atoms with van der Waals surface area (Å²) in [7, 11) is -2.89. The van der Waals surface area contributed by atoms with Gasteiger partial charge >= 0.3 is 0 Å². The lowest BCUT2D eigenvalue weighted by molar-refractivity contribution is 0.446. The van der Waals surface area contributed by atoms with E-state index in [4.69, 9.17) is 12.2 Å². The molecule has 1 rings (SSSR count).